The Balaban J connectivity index is 1.82. The minimum absolute atomic E-state index is 0.106. The van der Waals surface area contributed by atoms with Gasteiger partial charge < -0.3 is 9.38 Å². The average molecular weight is 407 g/mol. The van der Waals surface area contributed by atoms with Crippen molar-refractivity contribution >= 4 is 16.8 Å². The van der Waals surface area contributed by atoms with Crippen molar-refractivity contribution in [2.75, 3.05) is 0 Å². The molecule has 4 heterocycles. The Bertz CT molecular complexity index is 1470. The molecule has 5 aromatic rings. The van der Waals surface area contributed by atoms with E-state index in [2.05, 4.69) is 19.9 Å². The highest BCUT2D eigenvalue weighted by atomic mass is 19.4. The summed E-state index contributed by atoms with van der Waals surface area (Å²) in [5.41, 5.74) is 1.23. The molecule has 30 heavy (non-hydrogen) atoms. The number of aromatic amines is 1. The van der Waals surface area contributed by atoms with Crippen molar-refractivity contribution in [1.29, 1.82) is 0 Å². The van der Waals surface area contributed by atoms with E-state index >= 15 is 0 Å². The molecule has 0 saturated heterocycles. The van der Waals surface area contributed by atoms with E-state index < -0.39 is 11.7 Å². The van der Waals surface area contributed by atoms with E-state index in [1.165, 1.54) is 24.4 Å². The lowest BCUT2D eigenvalue weighted by molar-refractivity contribution is -0.137. The number of hydrogen-bond donors (Lipinski definition) is 1. The third-order valence-electron chi connectivity index (χ3n) is 4.71. The third-order valence-corrected chi connectivity index (χ3v) is 4.71. The number of aromatic nitrogens is 5. The van der Waals surface area contributed by atoms with Crippen LogP contribution in [0.5, 0.6) is 0 Å². The van der Waals surface area contributed by atoms with E-state index in [4.69, 9.17) is 0 Å². The minimum Gasteiger partial charge on any atom is -0.345 e. The second kappa shape index (κ2) is 6.51. The number of hydrogen-bond acceptors (Lipinski definition) is 4. The van der Waals surface area contributed by atoms with Gasteiger partial charge in [-0.15, -0.1) is 0 Å². The number of halogens is 3. The van der Waals surface area contributed by atoms with Crippen LogP contribution in [-0.4, -0.2) is 24.3 Å². The zero-order chi connectivity index (χ0) is 20.9. The molecule has 9 heteroatoms. The molecule has 0 aliphatic carbocycles. The molecule has 0 aliphatic heterocycles. The Kier molecular flexibility index (Phi) is 3.92. The van der Waals surface area contributed by atoms with Gasteiger partial charge >= 0.3 is 6.18 Å². The van der Waals surface area contributed by atoms with Gasteiger partial charge in [-0.05, 0) is 24.3 Å². The van der Waals surface area contributed by atoms with Gasteiger partial charge in [-0.2, -0.15) is 13.2 Å². The summed E-state index contributed by atoms with van der Waals surface area (Å²) in [6.07, 6.45) is 2.04. The lowest BCUT2D eigenvalue weighted by atomic mass is 10.0. The van der Waals surface area contributed by atoms with Crippen LogP contribution in [0.4, 0.5) is 13.2 Å². The number of pyridine rings is 2. The smallest absolute Gasteiger partial charge is 0.345 e. The van der Waals surface area contributed by atoms with E-state index in [1.807, 2.05) is 0 Å². The van der Waals surface area contributed by atoms with Crippen molar-refractivity contribution in [2.45, 2.75) is 6.18 Å². The highest BCUT2D eigenvalue weighted by Gasteiger charge is 2.31. The van der Waals surface area contributed by atoms with Gasteiger partial charge in [0.2, 0.25) is 5.43 Å². The number of rotatable bonds is 2. The molecule has 6 nitrogen and oxygen atoms in total. The molecule has 1 aromatic carbocycles. The maximum atomic E-state index is 13.3. The van der Waals surface area contributed by atoms with E-state index in [0.29, 0.717) is 16.9 Å². The summed E-state index contributed by atoms with van der Waals surface area (Å²) in [4.78, 5) is 28.3. The summed E-state index contributed by atoms with van der Waals surface area (Å²) < 4.78 is 41.5. The Morgan fingerprint density at radius 3 is 2.63 bits per heavy atom. The first-order chi connectivity index (χ1) is 14.4. The Morgan fingerprint density at radius 2 is 1.80 bits per heavy atom. The first-order valence-electron chi connectivity index (χ1n) is 8.90. The van der Waals surface area contributed by atoms with Crippen LogP contribution in [-0.2, 0) is 6.18 Å². The molecule has 0 radical (unpaired) electrons. The van der Waals surface area contributed by atoms with Crippen molar-refractivity contribution in [1.82, 2.24) is 24.3 Å². The van der Waals surface area contributed by atoms with Crippen molar-refractivity contribution in [3.05, 3.63) is 83.0 Å². The van der Waals surface area contributed by atoms with Gasteiger partial charge in [0.1, 0.15) is 5.65 Å². The summed E-state index contributed by atoms with van der Waals surface area (Å²) in [6.45, 7) is 0. The average Bonchev–Trinajstić information content (AvgIpc) is 3.20. The van der Waals surface area contributed by atoms with Crippen LogP contribution in [0.15, 0.2) is 72.0 Å². The number of alkyl halides is 3. The number of nitrogens with zero attached hydrogens (tertiary/aromatic N) is 4. The predicted molar refractivity (Wildman–Crippen MR) is 105 cm³/mol. The monoisotopic (exact) mass is 407 g/mol. The molecule has 0 bridgehead atoms. The molecule has 0 spiro atoms. The highest BCUT2D eigenvalue weighted by molar-refractivity contribution is 5.84. The van der Waals surface area contributed by atoms with E-state index in [0.717, 1.165) is 12.1 Å². The van der Waals surface area contributed by atoms with Crippen LogP contribution in [0.1, 0.15) is 5.56 Å². The van der Waals surface area contributed by atoms with Gasteiger partial charge in [-0.3, -0.25) is 4.79 Å². The van der Waals surface area contributed by atoms with Gasteiger partial charge in [0, 0.05) is 42.0 Å². The first-order valence-corrected chi connectivity index (χ1v) is 8.90. The highest BCUT2D eigenvalue weighted by Crippen LogP contribution is 2.35. The van der Waals surface area contributed by atoms with Gasteiger partial charge in [-0.1, -0.05) is 12.1 Å². The standard InChI is InChI=1S/C21H12F3N5O/c22-21(23,24)14-3-1-2-12(10-14)17-18(13-4-5-16-25-8-9-29(16)11-13)27-19-15(30)6-7-26-20(19)28-17/h1-11H,(H,26,28,30). The molecule has 0 saturated carbocycles. The molecule has 4 aromatic heterocycles. The van der Waals surface area contributed by atoms with Crippen LogP contribution in [0.2, 0.25) is 0 Å². The van der Waals surface area contributed by atoms with Crippen molar-refractivity contribution in [3.63, 3.8) is 0 Å². The lowest BCUT2D eigenvalue weighted by Gasteiger charge is -2.12. The second-order valence-electron chi connectivity index (χ2n) is 6.65. The predicted octanol–water partition coefficient (Wildman–Crippen LogP) is 4.32. The number of H-pyrrole nitrogens is 1. The molecule has 5 rings (SSSR count). The SMILES string of the molecule is O=c1cc[nH]c2nc(-c3cccc(C(F)(F)F)c3)c(-c3ccc4nccn4c3)nc12. The summed E-state index contributed by atoms with van der Waals surface area (Å²) in [6, 6.07) is 9.70. The maximum absolute atomic E-state index is 13.3. The Labute approximate surface area is 166 Å². The zero-order valence-electron chi connectivity index (χ0n) is 15.2. The maximum Gasteiger partial charge on any atom is 0.416 e. The first kappa shape index (κ1) is 18.0. The summed E-state index contributed by atoms with van der Waals surface area (Å²) >= 11 is 0. The van der Waals surface area contributed by atoms with Gasteiger partial charge in [0.25, 0.3) is 0 Å². The largest absolute Gasteiger partial charge is 0.416 e. The quantitative estimate of drug-likeness (QED) is 0.473. The molecule has 1 N–H and O–H groups in total. The molecule has 0 aliphatic rings. The lowest BCUT2D eigenvalue weighted by Crippen LogP contribution is -2.08. The van der Waals surface area contributed by atoms with Crippen molar-refractivity contribution in [2.24, 2.45) is 0 Å². The number of nitrogens with one attached hydrogen (secondary N) is 1. The Morgan fingerprint density at radius 1 is 0.967 bits per heavy atom. The molecule has 0 unspecified atom stereocenters. The fourth-order valence-corrected chi connectivity index (χ4v) is 3.29. The van der Waals surface area contributed by atoms with Crippen LogP contribution < -0.4 is 5.43 Å². The topological polar surface area (TPSA) is 75.9 Å². The fourth-order valence-electron chi connectivity index (χ4n) is 3.29. The number of imidazole rings is 1. The van der Waals surface area contributed by atoms with Gasteiger partial charge in [0.05, 0.1) is 17.0 Å². The molecule has 0 atom stereocenters. The number of benzene rings is 1. The molecular weight excluding hydrogens is 395 g/mol. The number of fused-ring (bicyclic) bond motifs is 2. The van der Waals surface area contributed by atoms with Crippen LogP contribution in [0, 0.1) is 0 Å². The zero-order valence-corrected chi connectivity index (χ0v) is 15.2. The molecule has 148 valence electrons. The van der Waals surface area contributed by atoms with Crippen LogP contribution in [0.3, 0.4) is 0 Å². The summed E-state index contributed by atoms with van der Waals surface area (Å²) in [7, 11) is 0. The molecular formula is C21H12F3N5O. The minimum atomic E-state index is -4.50. The van der Waals surface area contributed by atoms with E-state index in [-0.39, 0.29) is 27.9 Å². The summed E-state index contributed by atoms with van der Waals surface area (Å²) in [5.74, 6) is 0. The van der Waals surface area contributed by atoms with Crippen LogP contribution >= 0.6 is 0 Å². The summed E-state index contributed by atoms with van der Waals surface area (Å²) in [5, 5.41) is 0. The van der Waals surface area contributed by atoms with E-state index in [9.17, 15) is 18.0 Å². The van der Waals surface area contributed by atoms with Crippen molar-refractivity contribution < 1.29 is 13.2 Å². The normalized spacial score (nSPS) is 12.0. The van der Waals surface area contributed by atoms with E-state index in [1.54, 1.807) is 35.1 Å². The third kappa shape index (κ3) is 3.00. The molecule has 0 fully saturated rings. The van der Waals surface area contributed by atoms with Gasteiger partial charge in [-0.25, -0.2) is 15.0 Å². The second-order valence-corrected chi connectivity index (χ2v) is 6.65. The Hall–Kier alpha value is -4.01. The van der Waals surface area contributed by atoms with Gasteiger partial charge in [0.15, 0.2) is 11.2 Å². The molecule has 0 amide bonds. The van der Waals surface area contributed by atoms with Crippen molar-refractivity contribution in [3.8, 4) is 22.5 Å². The fraction of sp³-hybridized carbons (Fsp3) is 0.0476. The van der Waals surface area contributed by atoms with Crippen LogP contribution in [0.25, 0.3) is 39.3 Å².